The molecule has 5 nitrogen and oxygen atoms in total. The number of rotatable bonds is 4. The molecule has 0 radical (unpaired) electrons. The first kappa shape index (κ1) is 12.7. The third-order valence-electron chi connectivity index (χ3n) is 2.62. The number of benzene rings is 1. The first-order chi connectivity index (χ1) is 9.83. The molecule has 0 atom stereocenters. The lowest BCUT2D eigenvalue weighted by Crippen LogP contribution is -2.27. The molecule has 0 saturated heterocycles. The molecule has 2 aromatic heterocycles. The van der Waals surface area contributed by atoms with Gasteiger partial charge in [0.15, 0.2) is 6.20 Å². The minimum absolute atomic E-state index is 0.464. The van der Waals surface area contributed by atoms with E-state index in [9.17, 15) is 5.21 Å². The van der Waals surface area contributed by atoms with Crippen LogP contribution in [0.2, 0.25) is 0 Å². The highest BCUT2D eigenvalue weighted by Gasteiger charge is 2.11. The van der Waals surface area contributed by atoms with E-state index in [1.165, 1.54) is 18.0 Å². The fourth-order valence-corrected chi connectivity index (χ4v) is 2.42. The fourth-order valence-electron chi connectivity index (χ4n) is 1.67. The summed E-state index contributed by atoms with van der Waals surface area (Å²) in [4.78, 5) is 0. The van der Waals surface area contributed by atoms with Crippen LogP contribution in [0.5, 0.6) is 0 Å². The normalized spacial score (nSPS) is 10.6. The minimum atomic E-state index is 0.464. The van der Waals surface area contributed by atoms with Gasteiger partial charge >= 0.3 is 0 Å². The maximum atomic E-state index is 11.5. The smallest absolute Gasteiger partial charge is 0.251 e. The number of pyridine rings is 1. The molecule has 1 aromatic carbocycles. The third kappa shape index (κ3) is 2.80. The van der Waals surface area contributed by atoms with Gasteiger partial charge in [-0.2, -0.15) is 4.73 Å². The molecule has 0 amide bonds. The quantitative estimate of drug-likeness (QED) is 0.419. The first-order valence-electron chi connectivity index (χ1n) is 6.02. The summed E-state index contributed by atoms with van der Waals surface area (Å²) < 4.78 is 6.40. The van der Waals surface area contributed by atoms with Crippen molar-refractivity contribution in [2.24, 2.45) is 0 Å². The van der Waals surface area contributed by atoms with Crippen LogP contribution in [0.15, 0.2) is 64.2 Å². The maximum absolute atomic E-state index is 11.5. The largest absolute Gasteiger partial charge is 0.618 e. The fraction of sp³-hybridized carbons (Fsp3) is 0.0714. The van der Waals surface area contributed by atoms with Crippen LogP contribution < -0.4 is 4.73 Å². The van der Waals surface area contributed by atoms with Crippen molar-refractivity contribution in [3.63, 3.8) is 0 Å². The predicted octanol–water partition coefficient (Wildman–Crippen LogP) is 2.66. The second kappa shape index (κ2) is 5.75. The van der Waals surface area contributed by atoms with Crippen molar-refractivity contribution in [1.82, 2.24) is 10.2 Å². The summed E-state index contributed by atoms with van der Waals surface area (Å²) in [5.74, 6) is 1.45. The molecular weight excluding hydrogens is 274 g/mol. The van der Waals surface area contributed by atoms with E-state index in [0.717, 1.165) is 10.3 Å². The summed E-state index contributed by atoms with van der Waals surface area (Å²) in [6.45, 7) is 0. The van der Waals surface area contributed by atoms with Gasteiger partial charge in [-0.1, -0.05) is 18.2 Å². The Morgan fingerprint density at radius 2 is 1.85 bits per heavy atom. The van der Waals surface area contributed by atoms with E-state index >= 15 is 0 Å². The van der Waals surface area contributed by atoms with E-state index in [0.29, 0.717) is 22.6 Å². The summed E-state index contributed by atoms with van der Waals surface area (Å²) in [7, 11) is 0. The van der Waals surface area contributed by atoms with Crippen molar-refractivity contribution >= 4 is 11.8 Å². The van der Waals surface area contributed by atoms with Crippen LogP contribution in [-0.2, 0) is 5.75 Å². The Balaban J connectivity index is 1.71. The molecule has 0 spiro atoms. The Kier molecular flexibility index (Phi) is 3.64. The summed E-state index contributed by atoms with van der Waals surface area (Å²) >= 11 is 1.36. The van der Waals surface area contributed by atoms with Crippen LogP contribution in [0.1, 0.15) is 5.89 Å². The van der Waals surface area contributed by atoms with E-state index < -0.39 is 0 Å². The van der Waals surface area contributed by atoms with Crippen molar-refractivity contribution in [1.29, 1.82) is 0 Å². The highest BCUT2D eigenvalue weighted by molar-refractivity contribution is 7.98. The maximum Gasteiger partial charge on any atom is 0.251 e. The Labute approximate surface area is 119 Å². The van der Waals surface area contributed by atoms with Crippen LogP contribution in [0.25, 0.3) is 11.5 Å². The zero-order chi connectivity index (χ0) is 13.8. The summed E-state index contributed by atoms with van der Waals surface area (Å²) in [6, 6.07) is 14.8. The van der Waals surface area contributed by atoms with Gasteiger partial charge in [0.25, 0.3) is 5.03 Å². The lowest BCUT2D eigenvalue weighted by molar-refractivity contribution is -0.645. The SMILES string of the molecule is [O-][n+]1ccccc1SCc1nnc(-c2ccccc2)o1. The van der Waals surface area contributed by atoms with Gasteiger partial charge in [0, 0.05) is 17.7 Å². The van der Waals surface area contributed by atoms with Crippen LogP contribution in [-0.4, -0.2) is 10.2 Å². The molecule has 0 aliphatic carbocycles. The zero-order valence-electron chi connectivity index (χ0n) is 10.5. The monoisotopic (exact) mass is 285 g/mol. The standard InChI is InChI=1S/C14H11N3O2S/c18-17-9-5-4-8-13(17)20-10-12-15-16-14(19-12)11-6-2-1-3-7-11/h1-9H,10H2. The Morgan fingerprint density at radius 3 is 2.65 bits per heavy atom. The van der Waals surface area contributed by atoms with Gasteiger partial charge in [0.2, 0.25) is 11.8 Å². The number of hydrogen-bond acceptors (Lipinski definition) is 5. The van der Waals surface area contributed by atoms with Gasteiger partial charge < -0.3 is 9.62 Å². The van der Waals surface area contributed by atoms with Gasteiger partial charge in [-0.15, -0.1) is 10.2 Å². The van der Waals surface area contributed by atoms with E-state index in [1.54, 1.807) is 12.1 Å². The lowest BCUT2D eigenvalue weighted by Gasteiger charge is -2.00. The van der Waals surface area contributed by atoms with Crippen molar-refractivity contribution in [3.05, 3.63) is 65.8 Å². The van der Waals surface area contributed by atoms with Gasteiger partial charge in [-0.05, 0) is 30.0 Å². The zero-order valence-corrected chi connectivity index (χ0v) is 11.3. The molecule has 100 valence electrons. The van der Waals surface area contributed by atoms with E-state index in [4.69, 9.17) is 4.42 Å². The average Bonchev–Trinajstić information content (AvgIpc) is 2.96. The van der Waals surface area contributed by atoms with E-state index in [1.807, 2.05) is 36.4 Å². The molecule has 0 aliphatic rings. The van der Waals surface area contributed by atoms with E-state index in [-0.39, 0.29) is 0 Å². The van der Waals surface area contributed by atoms with Gasteiger partial charge in [0.05, 0.1) is 5.75 Å². The molecule has 0 aliphatic heterocycles. The predicted molar refractivity (Wildman–Crippen MR) is 74.7 cm³/mol. The topological polar surface area (TPSA) is 65.9 Å². The number of hydrogen-bond donors (Lipinski definition) is 0. The molecule has 0 bridgehead atoms. The summed E-state index contributed by atoms with van der Waals surface area (Å²) in [5, 5.41) is 20.1. The Bertz CT molecular complexity index is 700. The van der Waals surface area contributed by atoms with Crippen LogP contribution in [0.4, 0.5) is 0 Å². The molecule has 0 saturated carbocycles. The molecule has 0 N–H and O–H groups in total. The van der Waals surface area contributed by atoms with Gasteiger partial charge in [-0.3, -0.25) is 0 Å². The Morgan fingerprint density at radius 1 is 1.05 bits per heavy atom. The molecule has 0 unspecified atom stereocenters. The van der Waals surface area contributed by atoms with Crippen molar-refractivity contribution in [3.8, 4) is 11.5 Å². The highest BCUT2D eigenvalue weighted by atomic mass is 32.2. The molecule has 3 aromatic rings. The first-order valence-corrected chi connectivity index (χ1v) is 7.00. The molecule has 20 heavy (non-hydrogen) atoms. The van der Waals surface area contributed by atoms with Crippen molar-refractivity contribution in [2.75, 3.05) is 0 Å². The van der Waals surface area contributed by atoms with Gasteiger partial charge in [-0.25, -0.2) is 0 Å². The minimum Gasteiger partial charge on any atom is -0.618 e. The number of nitrogens with zero attached hydrogens (tertiary/aromatic N) is 3. The van der Waals surface area contributed by atoms with Crippen LogP contribution >= 0.6 is 11.8 Å². The molecule has 3 rings (SSSR count). The second-order valence-corrected chi connectivity index (χ2v) is 5.02. The van der Waals surface area contributed by atoms with Crippen molar-refractivity contribution < 1.29 is 9.15 Å². The number of thioether (sulfide) groups is 1. The summed E-state index contributed by atoms with van der Waals surface area (Å²) in [5.41, 5.74) is 0.884. The lowest BCUT2D eigenvalue weighted by atomic mass is 10.2. The molecule has 0 fully saturated rings. The third-order valence-corrected chi connectivity index (χ3v) is 3.62. The summed E-state index contributed by atoms with van der Waals surface area (Å²) in [6.07, 6.45) is 1.46. The Hall–Kier alpha value is -2.34. The van der Waals surface area contributed by atoms with Gasteiger partial charge in [0.1, 0.15) is 0 Å². The molecule has 6 heteroatoms. The van der Waals surface area contributed by atoms with Crippen LogP contribution in [0.3, 0.4) is 0 Å². The van der Waals surface area contributed by atoms with Crippen LogP contribution in [0, 0.1) is 5.21 Å². The highest BCUT2D eigenvalue weighted by Crippen LogP contribution is 2.22. The molecule has 2 heterocycles. The van der Waals surface area contributed by atoms with Crippen molar-refractivity contribution in [2.45, 2.75) is 10.8 Å². The second-order valence-electron chi connectivity index (χ2n) is 4.02. The number of aromatic nitrogens is 3. The molecular formula is C14H11N3O2S. The van der Waals surface area contributed by atoms with E-state index in [2.05, 4.69) is 10.2 Å². The average molecular weight is 285 g/mol.